The molecule has 5 nitrogen and oxygen atoms in total. The normalized spacial score (nSPS) is 13.4. The molecule has 0 unspecified atom stereocenters. The monoisotopic (exact) mass is 342 g/mol. The molecule has 1 aliphatic rings. The maximum atomic E-state index is 14.2. The summed E-state index contributed by atoms with van der Waals surface area (Å²) in [6.45, 7) is 2.07. The van der Waals surface area contributed by atoms with Crippen molar-refractivity contribution in [2.24, 2.45) is 0 Å². The fraction of sp³-hybridized carbons (Fsp3) is 0.125. The van der Waals surface area contributed by atoms with E-state index in [9.17, 15) is 14.2 Å². The molecule has 1 amide bonds. The highest BCUT2D eigenvalue weighted by Gasteiger charge is 2.30. The van der Waals surface area contributed by atoms with E-state index in [0.29, 0.717) is 16.2 Å². The minimum absolute atomic E-state index is 0.131. The Hall–Kier alpha value is -2.29. The van der Waals surface area contributed by atoms with Crippen molar-refractivity contribution in [3.8, 4) is 0 Å². The largest absolute Gasteiger partial charge is 0.491 e. The van der Waals surface area contributed by atoms with Gasteiger partial charge in [-0.1, -0.05) is 23.5 Å². The minimum Gasteiger partial charge on any atom is -0.423 e. The van der Waals surface area contributed by atoms with Crippen molar-refractivity contribution in [2.75, 3.05) is 5.32 Å². The van der Waals surface area contributed by atoms with Crippen molar-refractivity contribution < 1.29 is 18.9 Å². The Morgan fingerprint density at radius 1 is 1.46 bits per heavy atom. The number of rotatable bonds is 2. The average Bonchev–Trinajstić information content (AvgIpc) is 3.11. The van der Waals surface area contributed by atoms with Gasteiger partial charge in [0.05, 0.1) is 22.4 Å². The maximum absolute atomic E-state index is 14.2. The fourth-order valence-electron chi connectivity index (χ4n) is 2.72. The number of nitrogens with zero attached hydrogens (tertiary/aromatic N) is 1. The van der Waals surface area contributed by atoms with E-state index in [2.05, 4.69) is 10.3 Å². The Morgan fingerprint density at radius 2 is 2.29 bits per heavy atom. The zero-order valence-electron chi connectivity index (χ0n) is 12.7. The van der Waals surface area contributed by atoms with Crippen molar-refractivity contribution in [1.29, 1.82) is 0 Å². The van der Waals surface area contributed by atoms with Crippen molar-refractivity contribution in [2.45, 2.75) is 13.5 Å². The maximum Gasteiger partial charge on any atom is 0.491 e. The Labute approximate surface area is 141 Å². The zero-order chi connectivity index (χ0) is 16.8. The highest BCUT2D eigenvalue weighted by atomic mass is 32.1. The summed E-state index contributed by atoms with van der Waals surface area (Å²) >= 11 is 1.33. The van der Waals surface area contributed by atoms with Crippen LogP contribution in [0.25, 0.3) is 10.2 Å². The SMILES string of the molecule is Cc1cccc2sc(NC(=O)c3cc4c(cc3F)COB4O)nc12. The molecule has 2 N–H and O–H groups in total. The number of thiazole rings is 1. The molecule has 1 aromatic heterocycles. The fourth-order valence-corrected chi connectivity index (χ4v) is 3.66. The van der Waals surface area contributed by atoms with Gasteiger partial charge < -0.3 is 9.68 Å². The van der Waals surface area contributed by atoms with Crippen LogP contribution in [0.1, 0.15) is 21.5 Å². The molecule has 24 heavy (non-hydrogen) atoms. The molecule has 0 aliphatic carbocycles. The molecule has 0 fully saturated rings. The summed E-state index contributed by atoms with van der Waals surface area (Å²) < 4.78 is 20.2. The highest BCUT2D eigenvalue weighted by Crippen LogP contribution is 2.28. The predicted molar refractivity (Wildman–Crippen MR) is 91.1 cm³/mol. The summed E-state index contributed by atoms with van der Waals surface area (Å²) in [6.07, 6.45) is 0. The summed E-state index contributed by atoms with van der Waals surface area (Å²) in [4.78, 5) is 16.8. The van der Waals surface area contributed by atoms with Gasteiger partial charge >= 0.3 is 7.12 Å². The lowest BCUT2D eigenvalue weighted by atomic mass is 9.78. The topological polar surface area (TPSA) is 71.5 Å². The lowest BCUT2D eigenvalue weighted by Crippen LogP contribution is -2.30. The van der Waals surface area contributed by atoms with Crippen LogP contribution in [0.2, 0.25) is 0 Å². The van der Waals surface area contributed by atoms with Gasteiger partial charge in [0.15, 0.2) is 5.13 Å². The second-order valence-corrected chi connectivity index (χ2v) is 6.62. The first kappa shape index (κ1) is 15.3. The van der Waals surface area contributed by atoms with Crippen LogP contribution in [0.15, 0.2) is 30.3 Å². The summed E-state index contributed by atoms with van der Waals surface area (Å²) in [7, 11) is -1.13. The van der Waals surface area contributed by atoms with Gasteiger partial charge in [-0.3, -0.25) is 10.1 Å². The molecule has 2 aromatic carbocycles. The van der Waals surface area contributed by atoms with Crippen LogP contribution >= 0.6 is 11.3 Å². The number of hydrogen-bond donors (Lipinski definition) is 2. The number of para-hydroxylation sites is 1. The van der Waals surface area contributed by atoms with Gasteiger partial charge in [-0.25, -0.2) is 9.37 Å². The Bertz CT molecular complexity index is 975. The quantitative estimate of drug-likeness (QED) is 0.701. The molecular formula is C16H12BFN2O3S. The van der Waals surface area contributed by atoms with E-state index >= 15 is 0 Å². The van der Waals surface area contributed by atoms with E-state index in [1.54, 1.807) is 0 Å². The number of fused-ring (bicyclic) bond motifs is 2. The molecule has 3 aromatic rings. The highest BCUT2D eigenvalue weighted by molar-refractivity contribution is 7.22. The molecular weight excluding hydrogens is 330 g/mol. The molecule has 0 radical (unpaired) electrons. The van der Waals surface area contributed by atoms with Crippen molar-refractivity contribution in [1.82, 2.24) is 4.98 Å². The number of benzene rings is 2. The van der Waals surface area contributed by atoms with Crippen LogP contribution in [-0.2, 0) is 11.3 Å². The number of nitrogens with one attached hydrogen (secondary N) is 1. The van der Waals surface area contributed by atoms with Gasteiger partial charge in [0.25, 0.3) is 5.91 Å². The van der Waals surface area contributed by atoms with Crippen LogP contribution in [0.4, 0.5) is 9.52 Å². The Balaban J connectivity index is 1.66. The van der Waals surface area contributed by atoms with E-state index in [-0.39, 0.29) is 12.2 Å². The zero-order valence-corrected chi connectivity index (χ0v) is 13.5. The van der Waals surface area contributed by atoms with Crippen LogP contribution in [0, 0.1) is 12.7 Å². The van der Waals surface area contributed by atoms with Gasteiger partial charge in [-0.15, -0.1) is 0 Å². The number of anilines is 1. The van der Waals surface area contributed by atoms with E-state index in [0.717, 1.165) is 15.8 Å². The van der Waals surface area contributed by atoms with E-state index < -0.39 is 18.8 Å². The molecule has 120 valence electrons. The molecule has 0 atom stereocenters. The molecule has 0 saturated carbocycles. The molecule has 1 aliphatic heterocycles. The van der Waals surface area contributed by atoms with E-state index in [1.807, 2.05) is 25.1 Å². The second-order valence-electron chi connectivity index (χ2n) is 5.59. The third-order valence-electron chi connectivity index (χ3n) is 3.98. The van der Waals surface area contributed by atoms with Crippen molar-refractivity contribution >= 4 is 45.2 Å². The Morgan fingerprint density at radius 3 is 3.08 bits per heavy atom. The number of carbonyl (C=O) groups is 1. The first-order valence-corrected chi connectivity index (χ1v) is 8.14. The van der Waals surface area contributed by atoms with Gasteiger partial charge in [-0.2, -0.15) is 0 Å². The van der Waals surface area contributed by atoms with Crippen LogP contribution in [-0.4, -0.2) is 23.0 Å². The predicted octanol–water partition coefficient (Wildman–Crippen LogP) is 2.21. The second kappa shape index (κ2) is 5.66. The molecule has 0 saturated heterocycles. The summed E-state index contributed by atoms with van der Waals surface area (Å²) in [5, 5.41) is 12.7. The van der Waals surface area contributed by atoms with Crippen molar-refractivity contribution in [3.63, 3.8) is 0 Å². The molecule has 8 heteroatoms. The van der Waals surface area contributed by atoms with Crippen molar-refractivity contribution in [3.05, 3.63) is 52.8 Å². The minimum atomic E-state index is -1.13. The Kier molecular flexibility index (Phi) is 3.60. The van der Waals surface area contributed by atoms with Gasteiger partial charge in [0.1, 0.15) is 5.82 Å². The molecule has 4 rings (SSSR count). The number of amides is 1. The van der Waals surface area contributed by atoms with Gasteiger partial charge in [0.2, 0.25) is 0 Å². The smallest absolute Gasteiger partial charge is 0.423 e. The molecule has 0 spiro atoms. The van der Waals surface area contributed by atoms with Gasteiger partial charge in [-0.05, 0) is 41.7 Å². The number of hydrogen-bond acceptors (Lipinski definition) is 5. The van der Waals surface area contributed by atoms with Gasteiger partial charge in [0, 0.05) is 0 Å². The summed E-state index contributed by atoms with van der Waals surface area (Å²) in [5.41, 5.74) is 2.65. The number of aryl methyl sites for hydroxylation is 1. The third kappa shape index (κ3) is 2.48. The number of carbonyl (C=O) groups excluding carboxylic acids is 1. The summed E-state index contributed by atoms with van der Waals surface area (Å²) in [6, 6.07) is 8.33. The van der Waals surface area contributed by atoms with Crippen LogP contribution in [0.5, 0.6) is 0 Å². The molecule has 0 bridgehead atoms. The first-order valence-electron chi connectivity index (χ1n) is 7.32. The van der Waals surface area contributed by atoms with Crippen LogP contribution < -0.4 is 10.8 Å². The molecule has 2 heterocycles. The first-order chi connectivity index (χ1) is 11.5. The van der Waals surface area contributed by atoms with E-state index in [1.165, 1.54) is 23.5 Å². The standard InChI is InChI=1S/C16H12BFN2O3S/c1-8-3-2-4-13-14(8)19-16(24-13)20-15(21)10-6-11-9(5-12(10)18)7-23-17(11)22/h2-6,22H,7H2,1H3,(H,19,20,21). The van der Waals surface area contributed by atoms with Crippen LogP contribution in [0.3, 0.4) is 0 Å². The summed E-state index contributed by atoms with van der Waals surface area (Å²) in [5.74, 6) is -1.26. The third-order valence-corrected chi connectivity index (χ3v) is 4.91. The number of aromatic nitrogens is 1. The number of halogens is 1. The lowest BCUT2D eigenvalue weighted by molar-refractivity contribution is 0.102. The van der Waals surface area contributed by atoms with E-state index in [4.69, 9.17) is 4.65 Å². The average molecular weight is 342 g/mol. The lowest BCUT2D eigenvalue weighted by Gasteiger charge is -2.06.